The summed E-state index contributed by atoms with van der Waals surface area (Å²) in [5.74, 6) is -0.684. The van der Waals surface area contributed by atoms with Crippen molar-refractivity contribution in [2.45, 2.75) is 25.4 Å². The lowest BCUT2D eigenvalue weighted by atomic mass is 10.1. The van der Waals surface area contributed by atoms with Crippen molar-refractivity contribution in [2.75, 3.05) is 32.7 Å². The van der Waals surface area contributed by atoms with Gasteiger partial charge in [0.25, 0.3) is 0 Å². The van der Waals surface area contributed by atoms with E-state index < -0.39 is 16.9 Å². The number of benzene rings is 1. The molecule has 1 atom stereocenters. The fourth-order valence-corrected chi connectivity index (χ4v) is 3.59. The summed E-state index contributed by atoms with van der Waals surface area (Å²) in [4.78, 5) is 15.9. The molecule has 1 N–H and O–H groups in total. The summed E-state index contributed by atoms with van der Waals surface area (Å²) in [6.07, 6.45) is -1.99. The predicted octanol–water partition coefficient (Wildman–Crippen LogP) is 2.75. The molecule has 0 amide bonds. The Bertz CT molecular complexity index is 988. The highest BCUT2D eigenvalue weighted by Gasteiger charge is 2.31. The van der Waals surface area contributed by atoms with Crippen molar-refractivity contribution < 1.29 is 27.9 Å². The molecule has 0 bridgehead atoms. The zero-order valence-electron chi connectivity index (χ0n) is 17.6. The molecule has 14 heteroatoms. The third-order valence-electron chi connectivity index (χ3n) is 4.81. The minimum Gasteiger partial charge on any atom is -0.406 e. The van der Waals surface area contributed by atoms with Gasteiger partial charge >= 0.3 is 17.5 Å². The molecule has 1 aliphatic heterocycles. The van der Waals surface area contributed by atoms with E-state index in [9.17, 15) is 28.4 Å². The van der Waals surface area contributed by atoms with Gasteiger partial charge in [-0.1, -0.05) is 0 Å². The van der Waals surface area contributed by atoms with Crippen molar-refractivity contribution in [2.24, 2.45) is 5.10 Å². The van der Waals surface area contributed by atoms with Gasteiger partial charge in [0.2, 0.25) is 0 Å². The SMILES string of the molecule is C[C@](O)(CN1CCN(/N=C/c2ccc(OC(F)(F)F)cc2)CC1)Cn1cc([N+](=O)[O-])nc1Cl. The number of halogens is 4. The normalized spacial score (nSPS) is 17.3. The molecule has 1 aromatic carbocycles. The maximum atomic E-state index is 12.2. The number of hydrogen-bond donors (Lipinski definition) is 1. The number of aromatic nitrogens is 2. The Morgan fingerprint density at radius 3 is 2.42 bits per heavy atom. The van der Waals surface area contributed by atoms with Gasteiger partial charge in [0.1, 0.15) is 11.9 Å². The van der Waals surface area contributed by atoms with Crippen LogP contribution in [0.3, 0.4) is 0 Å². The summed E-state index contributed by atoms with van der Waals surface area (Å²) in [7, 11) is 0. The molecule has 1 fully saturated rings. The van der Waals surface area contributed by atoms with Crippen LogP contribution in [0.2, 0.25) is 5.28 Å². The molecule has 0 aliphatic carbocycles. The van der Waals surface area contributed by atoms with Crippen molar-refractivity contribution in [3.63, 3.8) is 0 Å². The lowest BCUT2D eigenvalue weighted by Gasteiger charge is -2.37. The van der Waals surface area contributed by atoms with E-state index in [0.717, 1.165) is 0 Å². The van der Waals surface area contributed by atoms with E-state index in [0.29, 0.717) is 38.3 Å². The molecule has 10 nitrogen and oxygen atoms in total. The van der Waals surface area contributed by atoms with E-state index in [1.165, 1.54) is 35.0 Å². The molecule has 0 radical (unpaired) electrons. The summed E-state index contributed by atoms with van der Waals surface area (Å²) in [6, 6.07) is 5.39. The van der Waals surface area contributed by atoms with Crippen LogP contribution in [0, 0.1) is 10.1 Å². The van der Waals surface area contributed by atoms with Gasteiger partial charge in [-0.2, -0.15) is 5.10 Å². The quantitative estimate of drug-likeness (QED) is 0.344. The topological polar surface area (TPSA) is 109 Å². The van der Waals surface area contributed by atoms with Crippen molar-refractivity contribution in [1.82, 2.24) is 19.5 Å². The second-order valence-corrected chi connectivity index (χ2v) is 8.18. The molecule has 2 heterocycles. The van der Waals surface area contributed by atoms with E-state index in [4.69, 9.17) is 11.6 Å². The fourth-order valence-electron chi connectivity index (χ4n) is 3.39. The average Bonchev–Trinajstić information content (AvgIpc) is 3.07. The molecule has 0 spiro atoms. The van der Waals surface area contributed by atoms with Gasteiger partial charge in [-0.25, -0.2) is 0 Å². The van der Waals surface area contributed by atoms with Crippen molar-refractivity contribution in [3.05, 3.63) is 51.4 Å². The smallest absolute Gasteiger partial charge is 0.406 e. The minimum atomic E-state index is -4.73. The van der Waals surface area contributed by atoms with Crippen LogP contribution in [0.5, 0.6) is 5.75 Å². The summed E-state index contributed by atoms with van der Waals surface area (Å²) in [5, 5.41) is 27.7. The maximum Gasteiger partial charge on any atom is 0.573 e. The molecular weight excluding hydrogens is 469 g/mol. The molecular formula is C19H22ClF3N6O4. The number of hydrogen-bond acceptors (Lipinski definition) is 8. The molecule has 1 aromatic heterocycles. The molecule has 2 aromatic rings. The molecule has 33 heavy (non-hydrogen) atoms. The molecule has 1 aliphatic rings. The number of rotatable bonds is 8. The first-order valence-corrected chi connectivity index (χ1v) is 10.2. The largest absolute Gasteiger partial charge is 0.573 e. The standard InChI is InChI=1S/C19H22ClF3N6O4/c1-18(30,13-27-11-16(29(31)32)25-17(27)20)12-26-6-8-28(9-7-26)24-10-14-2-4-15(5-3-14)33-19(21,22)23/h2-5,10-11,30H,6-9,12-13H2,1H3/b24-10+/t18-/m0/s1. The monoisotopic (exact) mass is 490 g/mol. The number of nitrogens with zero attached hydrogens (tertiary/aromatic N) is 6. The highest BCUT2D eigenvalue weighted by Crippen LogP contribution is 2.23. The second-order valence-electron chi connectivity index (χ2n) is 7.84. The first kappa shape index (κ1) is 24.7. The van der Waals surface area contributed by atoms with Crippen LogP contribution in [0.4, 0.5) is 19.0 Å². The Morgan fingerprint density at radius 1 is 1.24 bits per heavy atom. The van der Waals surface area contributed by atoms with Crippen LogP contribution in [0.25, 0.3) is 0 Å². The lowest BCUT2D eigenvalue weighted by molar-refractivity contribution is -0.389. The molecule has 0 saturated carbocycles. The van der Waals surface area contributed by atoms with Gasteiger partial charge in [-0.05, 0) is 58.3 Å². The van der Waals surface area contributed by atoms with E-state index in [-0.39, 0.29) is 23.4 Å². The van der Waals surface area contributed by atoms with Crippen LogP contribution < -0.4 is 4.74 Å². The highest BCUT2D eigenvalue weighted by atomic mass is 35.5. The summed E-state index contributed by atoms with van der Waals surface area (Å²) < 4.78 is 41.8. The van der Waals surface area contributed by atoms with Crippen molar-refractivity contribution >= 4 is 23.6 Å². The van der Waals surface area contributed by atoms with Crippen LogP contribution in [0.15, 0.2) is 35.6 Å². The number of alkyl halides is 3. The molecule has 180 valence electrons. The zero-order valence-corrected chi connectivity index (χ0v) is 18.3. The lowest BCUT2D eigenvalue weighted by Crippen LogP contribution is -2.51. The van der Waals surface area contributed by atoms with Crippen LogP contribution >= 0.6 is 11.6 Å². The maximum absolute atomic E-state index is 12.2. The van der Waals surface area contributed by atoms with Crippen molar-refractivity contribution in [3.8, 4) is 5.75 Å². The number of ether oxygens (including phenoxy) is 1. The van der Waals surface area contributed by atoms with E-state index >= 15 is 0 Å². The van der Waals surface area contributed by atoms with Gasteiger partial charge in [-0.3, -0.25) is 14.5 Å². The zero-order chi connectivity index (χ0) is 24.2. The Balaban J connectivity index is 1.47. The molecule has 3 rings (SSSR count). The Morgan fingerprint density at radius 2 is 1.88 bits per heavy atom. The third-order valence-corrected chi connectivity index (χ3v) is 5.11. The number of nitro groups is 1. The minimum absolute atomic E-state index is 0.0408. The number of hydrazone groups is 1. The average molecular weight is 491 g/mol. The molecule has 0 unspecified atom stereocenters. The fraction of sp³-hybridized carbons (Fsp3) is 0.474. The Labute approximate surface area is 192 Å². The summed E-state index contributed by atoms with van der Waals surface area (Å²) in [5.41, 5.74) is -0.578. The van der Waals surface area contributed by atoms with Gasteiger partial charge in [0, 0.05) is 32.7 Å². The van der Waals surface area contributed by atoms with E-state index in [1.807, 2.05) is 9.91 Å². The van der Waals surface area contributed by atoms with Crippen LogP contribution in [0.1, 0.15) is 12.5 Å². The summed E-state index contributed by atoms with van der Waals surface area (Å²) >= 11 is 5.92. The van der Waals surface area contributed by atoms with Gasteiger partial charge < -0.3 is 20.0 Å². The first-order valence-electron chi connectivity index (χ1n) is 9.87. The van der Waals surface area contributed by atoms with Gasteiger partial charge in [0.15, 0.2) is 0 Å². The van der Waals surface area contributed by atoms with Gasteiger partial charge in [0.05, 0.1) is 18.4 Å². The van der Waals surface area contributed by atoms with Crippen LogP contribution in [-0.4, -0.2) is 80.4 Å². The van der Waals surface area contributed by atoms with E-state index in [2.05, 4.69) is 14.8 Å². The Kier molecular flexibility index (Phi) is 7.44. The number of aliphatic hydroxyl groups is 1. The Hall–Kier alpha value is -2.90. The van der Waals surface area contributed by atoms with Gasteiger partial charge in [-0.15, -0.1) is 13.2 Å². The first-order chi connectivity index (χ1) is 15.4. The third kappa shape index (κ3) is 7.58. The number of piperazine rings is 1. The summed E-state index contributed by atoms with van der Waals surface area (Å²) in [6.45, 7) is 4.37. The number of β-amino-alcohol motifs (C(OH)–C–C–N with tert-alkyl or cyclic N) is 1. The highest BCUT2D eigenvalue weighted by molar-refractivity contribution is 6.28. The second kappa shape index (κ2) is 9.93. The number of imidazole rings is 1. The van der Waals surface area contributed by atoms with Crippen LogP contribution in [-0.2, 0) is 6.54 Å². The van der Waals surface area contributed by atoms with Crippen molar-refractivity contribution in [1.29, 1.82) is 0 Å². The van der Waals surface area contributed by atoms with E-state index in [1.54, 1.807) is 13.1 Å². The molecule has 1 saturated heterocycles. The predicted molar refractivity (Wildman–Crippen MR) is 113 cm³/mol.